The van der Waals surface area contributed by atoms with E-state index < -0.39 is 0 Å². The van der Waals surface area contributed by atoms with E-state index in [2.05, 4.69) is 15.1 Å². The molecule has 1 N–H and O–H groups in total. The zero-order valence-electron chi connectivity index (χ0n) is 14.2. The van der Waals surface area contributed by atoms with Crippen molar-refractivity contribution in [3.8, 4) is 0 Å². The molecule has 2 saturated heterocycles. The van der Waals surface area contributed by atoms with Gasteiger partial charge in [-0.1, -0.05) is 6.42 Å². The van der Waals surface area contributed by atoms with Gasteiger partial charge in [-0.05, 0) is 64.0 Å². The highest BCUT2D eigenvalue weighted by Crippen LogP contribution is 2.31. The molecule has 126 valence electrons. The number of fused-ring (bicyclic) bond motifs is 2. The average molecular weight is 316 g/mol. The van der Waals surface area contributed by atoms with Crippen molar-refractivity contribution in [2.24, 2.45) is 5.92 Å². The number of carbonyl (C=O) groups is 1. The van der Waals surface area contributed by atoms with Crippen LogP contribution >= 0.6 is 0 Å². The summed E-state index contributed by atoms with van der Waals surface area (Å²) in [6.07, 6.45) is 9.73. The van der Waals surface area contributed by atoms with E-state index in [0.29, 0.717) is 17.7 Å². The van der Waals surface area contributed by atoms with Gasteiger partial charge in [0.15, 0.2) is 5.69 Å². The molecule has 0 radical (unpaired) electrons. The van der Waals surface area contributed by atoms with Gasteiger partial charge in [-0.15, -0.1) is 0 Å². The molecule has 0 spiro atoms. The lowest BCUT2D eigenvalue weighted by Crippen LogP contribution is -2.51. The standard InChI is InChI=1S/C18H28N4O/c1-21(18(23)17-14-7-4-8-15(14)19-20-17)12-13-6-5-11-22-10-3-2-9-16(13)22/h13,16H,2-12H2,1H3,(H,19,20)/t13-,16+/m1/s1. The van der Waals surface area contributed by atoms with Crippen molar-refractivity contribution >= 4 is 5.91 Å². The summed E-state index contributed by atoms with van der Waals surface area (Å²) >= 11 is 0. The molecule has 0 bridgehead atoms. The minimum atomic E-state index is 0.109. The number of aromatic amines is 1. The Bertz CT molecular complexity index is 580. The fourth-order valence-corrected chi connectivity index (χ4v) is 4.90. The first-order chi connectivity index (χ1) is 11.2. The normalized spacial score (nSPS) is 27.5. The fraction of sp³-hybridized carbons (Fsp3) is 0.778. The Morgan fingerprint density at radius 3 is 3.00 bits per heavy atom. The zero-order valence-corrected chi connectivity index (χ0v) is 14.2. The first-order valence-corrected chi connectivity index (χ1v) is 9.29. The van der Waals surface area contributed by atoms with Gasteiger partial charge in [-0.2, -0.15) is 5.10 Å². The topological polar surface area (TPSA) is 52.2 Å². The zero-order chi connectivity index (χ0) is 15.8. The van der Waals surface area contributed by atoms with E-state index in [0.717, 1.165) is 25.8 Å². The van der Waals surface area contributed by atoms with Crippen LogP contribution in [0.2, 0.25) is 0 Å². The molecule has 1 amide bonds. The van der Waals surface area contributed by atoms with Crippen LogP contribution in [0, 0.1) is 5.92 Å². The highest BCUT2D eigenvalue weighted by Gasteiger charge is 2.35. The molecule has 2 atom stereocenters. The van der Waals surface area contributed by atoms with Crippen molar-refractivity contribution in [2.45, 2.75) is 57.4 Å². The van der Waals surface area contributed by atoms with E-state index in [9.17, 15) is 4.79 Å². The first-order valence-electron chi connectivity index (χ1n) is 9.29. The van der Waals surface area contributed by atoms with Gasteiger partial charge >= 0.3 is 0 Å². The Morgan fingerprint density at radius 2 is 2.09 bits per heavy atom. The van der Waals surface area contributed by atoms with E-state index in [4.69, 9.17) is 0 Å². The molecule has 5 heteroatoms. The number of aryl methyl sites for hydroxylation is 1. The summed E-state index contributed by atoms with van der Waals surface area (Å²) in [5, 5.41) is 7.37. The van der Waals surface area contributed by atoms with Crippen molar-refractivity contribution in [1.29, 1.82) is 0 Å². The molecule has 0 saturated carbocycles. The lowest BCUT2D eigenvalue weighted by molar-refractivity contribution is 0.0400. The molecule has 4 rings (SSSR count). The maximum absolute atomic E-state index is 12.8. The largest absolute Gasteiger partial charge is 0.340 e. The summed E-state index contributed by atoms with van der Waals surface area (Å²) in [4.78, 5) is 17.4. The Balaban J connectivity index is 1.44. The number of rotatable bonds is 3. The number of amides is 1. The molecule has 3 aliphatic rings. The van der Waals surface area contributed by atoms with Crippen LogP contribution in [0.25, 0.3) is 0 Å². The average Bonchev–Trinajstić information content (AvgIpc) is 3.18. The van der Waals surface area contributed by atoms with E-state index in [1.54, 1.807) is 0 Å². The maximum atomic E-state index is 12.8. The van der Waals surface area contributed by atoms with E-state index in [1.807, 2.05) is 11.9 Å². The van der Waals surface area contributed by atoms with Gasteiger partial charge < -0.3 is 9.80 Å². The Hall–Kier alpha value is -1.36. The van der Waals surface area contributed by atoms with Crippen LogP contribution in [0.1, 0.15) is 60.3 Å². The van der Waals surface area contributed by atoms with E-state index >= 15 is 0 Å². The van der Waals surface area contributed by atoms with Gasteiger partial charge in [0.2, 0.25) is 0 Å². The number of hydrogen-bond donors (Lipinski definition) is 1. The second-order valence-electron chi connectivity index (χ2n) is 7.57. The number of H-pyrrole nitrogens is 1. The van der Waals surface area contributed by atoms with Crippen LogP contribution in [-0.4, -0.2) is 58.6 Å². The third kappa shape index (κ3) is 2.80. The number of piperidine rings is 2. The summed E-state index contributed by atoms with van der Waals surface area (Å²) in [7, 11) is 1.96. The number of carbonyl (C=O) groups excluding carboxylic acids is 1. The molecule has 1 aromatic rings. The summed E-state index contributed by atoms with van der Waals surface area (Å²) in [5.74, 6) is 0.738. The van der Waals surface area contributed by atoms with Crippen LogP contribution in [0.4, 0.5) is 0 Å². The van der Waals surface area contributed by atoms with Crippen molar-refractivity contribution in [3.05, 3.63) is 17.0 Å². The van der Waals surface area contributed by atoms with Gasteiger partial charge in [0.05, 0.1) is 0 Å². The van der Waals surface area contributed by atoms with Crippen molar-refractivity contribution in [2.75, 3.05) is 26.7 Å². The summed E-state index contributed by atoms with van der Waals surface area (Å²) in [5.41, 5.74) is 3.03. The summed E-state index contributed by atoms with van der Waals surface area (Å²) < 4.78 is 0. The molecule has 5 nitrogen and oxygen atoms in total. The van der Waals surface area contributed by atoms with Crippen molar-refractivity contribution in [1.82, 2.24) is 20.0 Å². The smallest absolute Gasteiger partial charge is 0.274 e. The molecule has 0 aromatic carbocycles. The third-order valence-electron chi connectivity index (χ3n) is 6.09. The molecular formula is C18H28N4O. The predicted octanol–water partition coefficient (Wildman–Crippen LogP) is 2.23. The van der Waals surface area contributed by atoms with Crippen LogP contribution in [0.3, 0.4) is 0 Å². The highest BCUT2D eigenvalue weighted by molar-refractivity contribution is 5.94. The van der Waals surface area contributed by atoms with E-state index in [-0.39, 0.29) is 5.91 Å². The highest BCUT2D eigenvalue weighted by atomic mass is 16.2. The van der Waals surface area contributed by atoms with Crippen LogP contribution in [-0.2, 0) is 12.8 Å². The summed E-state index contributed by atoms with van der Waals surface area (Å²) in [6.45, 7) is 3.39. The number of aromatic nitrogens is 2. The van der Waals surface area contributed by atoms with Gasteiger partial charge in [0.1, 0.15) is 0 Å². The molecule has 23 heavy (non-hydrogen) atoms. The SMILES string of the molecule is CN(C[C@H]1CCCN2CCCC[C@@H]12)C(=O)c1n[nH]c2c1CCC2. The second-order valence-corrected chi connectivity index (χ2v) is 7.57. The Kier molecular flexibility index (Phi) is 4.14. The number of hydrogen-bond acceptors (Lipinski definition) is 3. The first kappa shape index (κ1) is 15.2. The third-order valence-corrected chi connectivity index (χ3v) is 6.09. The second kappa shape index (κ2) is 6.27. The van der Waals surface area contributed by atoms with Crippen LogP contribution in [0.15, 0.2) is 0 Å². The van der Waals surface area contributed by atoms with Crippen LogP contribution in [0.5, 0.6) is 0 Å². The number of nitrogens with zero attached hydrogens (tertiary/aromatic N) is 3. The quantitative estimate of drug-likeness (QED) is 0.930. The fourth-order valence-electron chi connectivity index (χ4n) is 4.90. The van der Waals surface area contributed by atoms with Gasteiger partial charge in [0, 0.05) is 30.9 Å². The Labute approximate surface area is 138 Å². The van der Waals surface area contributed by atoms with Gasteiger partial charge in [-0.25, -0.2) is 0 Å². The molecule has 1 aromatic heterocycles. The summed E-state index contributed by atoms with van der Waals surface area (Å²) in [6, 6.07) is 0.692. The maximum Gasteiger partial charge on any atom is 0.274 e. The van der Waals surface area contributed by atoms with Crippen molar-refractivity contribution in [3.63, 3.8) is 0 Å². The van der Waals surface area contributed by atoms with Gasteiger partial charge in [0.25, 0.3) is 5.91 Å². The van der Waals surface area contributed by atoms with Crippen LogP contribution < -0.4 is 0 Å². The monoisotopic (exact) mass is 316 g/mol. The minimum Gasteiger partial charge on any atom is -0.340 e. The molecule has 1 aliphatic carbocycles. The molecule has 2 aliphatic heterocycles. The number of nitrogens with one attached hydrogen (secondary N) is 1. The predicted molar refractivity (Wildman–Crippen MR) is 89.5 cm³/mol. The molecule has 0 unspecified atom stereocenters. The Morgan fingerprint density at radius 1 is 1.22 bits per heavy atom. The minimum absolute atomic E-state index is 0.109. The van der Waals surface area contributed by atoms with Gasteiger partial charge in [-0.3, -0.25) is 9.89 Å². The lowest BCUT2D eigenvalue weighted by Gasteiger charge is -2.45. The molecule has 3 heterocycles. The molecular weight excluding hydrogens is 288 g/mol. The lowest BCUT2D eigenvalue weighted by atomic mass is 9.83. The van der Waals surface area contributed by atoms with Crippen molar-refractivity contribution < 1.29 is 4.79 Å². The molecule has 2 fully saturated rings. The van der Waals surface area contributed by atoms with E-state index in [1.165, 1.54) is 56.5 Å².